The molecule has 1 N–H and O–H groups in total. The number of amides is 1. The van der Waals surface area contributed by atoms with Crippen LogP contribution in [0.4, 0.5) is 4.39 Å². The number of halogens is 1. The molecule has 1 aromatic carbocycles. The normalized spacial score (nSPS) is 21.7. The fourth-order valence-corrected chi connectivity index (χ4v) is 3.10. The quantitative estimate of drug-likeness (QED) is 0.930. The average molecular weight is 319 g/mol. The van der Waals surface area contributed by atoms with E-state index in [0.29, 0.717) is 17.9 Å². The van der Waals surface area contributed by atoms with Crippen molar-refractivity contribution in [1.29, 1.82) is 0 Å². The van der Waals surface area contributed by atoms with Gasteiger partial charge in [0, 0.05) is 18.0 Å². The van der Waals surface area contributed by atoms with Crippen LogP contribution >= 0.6 is 0 Å². The highest BCUT2D eigenvalue weighted by Gasteiger charge is 2.26. The van der Waals surface area contributed by atoms with Gasteiger partial charge in [-0.25, -0.2) is 4.39 Å². The Kier molecular flexibility index (Phi) is 4.66. The van der Waals surface area contributed by atoms with Crippen molar-refractivity contribution in [2.45, 2.75) is 45.3 Å². The van der Waals surface area contributed by atoms with Crippen molar-refractivity contribution in [3.05, 3.63) is 35.8 Å². The molecular formula is C18H22FNO3. The lowest BCUT2D eigenvalue weighted by Gasteiger charge is -2.30. The number of hydrogen-bond donors (Lipinski definition) is 1. The molecule has 23 heavy (non-hydrogen) atoms. The Morgan fingerprint density at radius 2 is 2.26 bits per heavy atom. The molecule has 2 heterocycles. The van der Waals surface area contributed by atoms with Crippen molar-refractivity contribution in [2.75, 3.05) is 6.61 Å². The Morgan fingerprint density at radius 3 is 3.00 bits per heavy atom. The number of benzene rings is 1. The second-order valence-electron chi connectivity index (χ2n) is 6.59. The van der Waals surface area contributed by atoms with Gasteiger partial charge in [0.1, 0.15) is 0 Å². The molecule has 0 aliphatic carbocycles. The minimum Gasteiger partial charge on any atom is -0.448 e. The number of hydrogen-bond acceptors (Lipinski definition) is 3. The van der Waals surface area contributed by atoms with Gasteiger partial charge in [0.25, 0.3) is 5.91 Å². The first kappa shape index (κ1) is 16.0. The number of nitrogens with one attached hydrogen (secondary N) is 1. The molecule has 3 rings (SSSR count). The van der Waals surface area contributed by atoms with Crippen LogP contribution in [0, 0.1) is 11.7 Å². The van der Waals surface area contributed by atoms with E-state index in [-0.39, 0.29) is 29.4 Å². The minimum absolute atomic E-state index is 0.0676. The number of fused-ring (bicyclic) bond motifs is 1. The maximum Gasteiger partial charge on any atom is 0.287 e. The zero-order valence-electron chi connectivity index (χ0n) is 13.5. The molecule has 0 spiro atoms. The van der Waals surface area contributed by atoms with E-state index in [1.807, 2.05) is 0 Å². The Labute approximate surface area is 135 Å². The standard InChI is InChI=1S/C18H22FNO3/c1-11(2)8-14-10-13(6-7-22-14)20-18(21)16-9-12-4-3-5-15(19)17(12)23-16/h3-5,9,11,13-14H,6-8,10H2,1-2H3,(H,20,21)/t13-,14+/m1/s1. The summed E-state index contributed by atoms with van der Waals surface area (Å²) in [6.45, 7) is 4.97. The third kappa shape index (κ3) is 3.72. The summed E-state index contributed by atoms with van der Waals surface area (Å²) >= 11 is 0. The Balaban J connectivity index is 1.67. The molecular weight excluding hydrogens is 297 g/mol. The van der Waals surface area contributed by atoms with Crippen molar-refractivity contribution in [3.63, 3.8) is 0 Å². The minimum atomic E-state index is -0.454. The zero-order valence-corrected chi connectivity index (χ0v) is 13.5. The van der Waals surface area contributed by atoms with Gasteiger partial charge in [-0.1, -0.05) is 26.0 Å². The molecule has 1 saturated heterocycles. The van der Waals surface area contributed by atoms with Gasteiger partial charge < -0.3 is 14.5 Å². The number of ether oxygens (including phenoxy) is 1. The molecule has 124 valence electrons. The first-order valence-corrected chi connectivity index (χ1v) is 8.13. The maximum absolute atomic E-state index is 13.7. The number of furan rings is 1. The molecule has 2 atom stereocenters. The third-order valence-electron chi connectivity index (χ3n) is 4.16. The monoisotopic (exact) mass is 319 g/mol. The number of carbonyl (C=O) groups is 1. The van der Waals surface area contributed by atoms with Gasteiger partial charge in [0.15, 0.2) is 17.2 Å². The molecule has 5 heteroatoms. The second kappa shape index (κ2) is 6.71. The van der Waals surface area contributed by atoms with E-state index in [9.17, 15) is 9.18 Å². The predicted octanol–water partition coefficient (Wildman–Crippen LogP) is 3.90. The van der Waals surface area contributed by atoms with Crippen LogP contribution < -0.4 is 5.32 Å². The van der Waals surface area contributed by atoms with Crippen LogP contribution in [0.1, 0.15) is 43.7 Å². The maximum atomic E-state index is 13.7. The van der Waals surface area contributed by atoms with Crippen LogP contribution in [-0.2, 0) is 4.74 Å². The Morgan fingerprint density at radius 1 is 1.43 bits per heavy atom. The zero-order chi connectivity index (χ0) is 16.4. The van der Waals surface area contributed by atoms with Gasteiger partial charge >= 0.3 is 0 Å². The van der Waals surface area contributed by atoms with E-state index in [2.05, 4.69) is 19.2 Å². The Bertz CT molecular complexity index is 695. The molecule has 1 aliphatic heterocycles. The fraction of sp³-hybridized carbons (Fsp3) is 0.500. The van der Waals surface area contributed by atoms with E-state index in [4.69, 9.17) is 9.15 Å². The van der Waals surface area contributed by atoms with Crippen molar-refractivity contribution < 1.29 is 18.3 Å². The number of para-hydroxylation sites is 1. The molecule has 0 unspecified atom stereocenters. The topological polar surface area (TPSA) is 51.5 Å². The fourth-order valence-electron chi connectivity index (χ4n) is 3.10. The van der Waals surface area contributed by atoms with Gasteiger partial charge in [-0.05, 0) is 37.3 Å². The summed E-state index contributed by atoms with van der Waals surface area (Å²) in [6, 6.07) is 6.30. The van der Waals surface area contributed by atoms with Crippen LogP contribution in [0.15, 0.2) is 28.7 Å². The summed E-state index contributed by atoms with van der Waals surface area (Å²) < 4.78 is 24.8. The molecule has 0 saturated carbocycles. The summed E-state index contributed by atoms with van der Waals surface area (Å²) in [5, 5.41) is 3.58. The highest BCUT2D eigenvalue weighted by Crippen LogP contribution is 2.23. The van der Waals surface area contributed by atoms with Crippen LogP contribution in [0.25, 0.3) is 11.0 Å². The summed E-state index contributed by atoms with van der Waals surface area (Å²) in [5.74, 6) is -0.0368. The number of carbonyl (C=O) groups excluding carboxylic acids is 1. The van der Waals surface area contributed by atoms with Crippen molar-refractivity contribution in [2.24, 2.45) is 5.92 Å². The highest BCUT2D eigenvalue weighted by molar-refractivity contribution is 5.96. The lowest BCUT2D eigenvalue weighted by atomic mass is 9.96. The van der Waals surface area contributed by atoms with Gasteiger partial charge in [-0.3, -0.25) is 4.79 Å². The predicted molar refractivity (Wildman–Crippen MR) is 85.9 cm³/mol. The number of rotatable bonds is 4. The van der Waals surface area contributed by atoms with E-state index < -0.39 is 5.82 Å². The van der Waals surface area contributed by atoms with Crippen LogP contribution in [-0.4, -0.2) is 24.7 Å². The highest BCUT2D eigenvalue weighted by atomic mass is 19.1. The molecule has 2 aromatic rings. The largest absolute Gasteiger partial charge is 0.448 e. The van der Waals surface area contributed by atoms with Crippen molar-refractivity contribution in [1.82, 2.24) is 5.32 Å². The van der Waals surface area contributed by atoms with Crippen molar-refractivity contribution >= 4 is 16.9 Å². The molecule has 1 amide bonds. The Hall–Kier alpha value is -1.88. The summed E-state index contributed by atoms with van der Waals surface area (Å²) in [5.41, 5.74) is 0.127. The summed E-state index contributed by atoms with van der Waals surface area (Å²) in [7, 11) is 0. The SMILES string of the molecule is CC(C)C[C@H]1C[C@H](NC(=O)c2cc3cccc(F)c3o2)CCO1. The van der Waals surface area contributed by atoms with Gasteiger partial charge in [-0.2, -0.15) is 0 Å². The van der Waals surface area contributed by atoms with E-state index in [1.54, 1.807) is 18.2 Å². The second-order valence-corrected chi connectivity index (χ2v) is 6.59. The lowest BCUT2D eigenvalue weighted by Crippen LogP contribution is -2.42. The van der Waals surface area contributed by atoms with E-state index >= 15 is 0 Å². The lowest BCUT2D eigenvalue weighted by molar-refractivity contribution is -0.00861. The molecule has 1 aromatic heterocycles. The average Bonchev–Trinajstić information content (AvgIpc) is 2.92. The third-order valence-corrected chi connectivity index (χ3v) is 4.16. The van der Waals surface area contributed by atoms with Gasteiger partial charge in [0.05, 0.1) is 6.10 Å². The van der Waals surface area contributed by atoms with Gasteiger partial charge in [-0.15, -0.1) is 0 Å². The van der Waals surface area contributed by atoms with Crippen LogP contribution in [0.2, 0.25) is 0 Å². The van der Waals surface area contributed by atoms with E-state index in [0.717, 1.165) is 19.3 Å². The molecule has 0 radical (unpaired) electrons. The first-order chi connectivity index (χ1) is 11.0. The molecule has 0 bridgehead atoms. The molecule has 1 fully saturated rings. The van der Waals surface area contributed by atoms with Crippen LogP contribution in [0.5, 0.6) is 0 Å². The molecule has 4 nitrogen and oxygen atoms in total. The molecule has 1 aliphatic rings. The van der Waals surface area contributed by atoms with Gasteiger partial charge in [0.2, 0.25) is 0 Å². The van der Waals surface area contributed by atoms with E-state index in [1.165, 1.54) is 6.07 Å². The first-order valence-electron chi connectivity index (χ1n) is 8.13. The summed E-state index contributed by atoms with van der Waals surface area (Å²) in [4.78, 5) is 12.4. The smallest absolute Gasteiger partial charge is 0.287 e. The summed E-state index contributed by atoms with van der Waals surface area (Å²) in [6.07, 6.45) is 2.76. The van der Waals surface area contributed by atoms with Crippen LogP contribution in [0.3, 0.4) is 0 Å². The van der Waals surface area contributed by atoms with Crippen molar-refractivity contribution in [3.8, 4) is 0 Å².